The number of rotatable bonds is 4. The van der Waals surface area contributed by atoms with E-state index >= 15 is 0 Å². The quantitative estimate of drug-likeness (QED) is 0.815. The number of carbonyl (C=O) groups excluding carboxylic acids is 1. The molecule has 1 aromatic carbocycles. The van der Waals surface area contributed by atoms with Crippen LogP contribution in [0.1, 0.15) is 24.8 Å². The van der Waals surface area contributed by atoms with Crippen LogP contribution in [-0.2, 0) is 16.1 Å². The zero-order chi connectivity index (χ0) is 18.6. The first-order chi connectivity index (χ1) is 12.4. The minimum absolute atomic E-state index is 0.0447. The molecule has 1 amide bonds. The predicted octanol–water partition coefficient (Wildman–Crippen LogP) is 2.80. The fourth-order valence-corrected chi connectivity index (χ4v) is 3.37. The van der Waals surface area contributed by atoms with E-state index in [1.807, 2.05) is 4.90 Å². The van der Waals surface area contributed by atoms with Crippen molar-refractivity contribution in [1.29, 1.82) is 0 Å². The molecule has 8 heteroatoms. The van der Waals surface area contributed by atoms with E-state index in [0.717, 1.165) is 37.9 Å². The van der Waals surface area contributed by atoms with Gasteiger partial charge in [0.25, 0.3) is 5.91 Å². The highest BCUT2D eigenvalue weighted by atomic mass is 19.4. The fourth-order valence-electron chi connectivity index (χ4n) is 3.37. The molecule has 0 aliphatic carbocycles. The topological polar surface area (TPSA) is 42.0 Å². The summed E-state index contributed by atoms with van der Waals surface area (Å²) >= 11 is 0. The minimum Gasteiger partial charge on any atom is -0.406 e. The molecule has 5 nitrogen and oxygen atoms in total. The summed E-state index contributed by atoms with van der Waals surface area (Å²) in [6.07, 6.45) is -1.92. The van der Waals surface area contributed by atoms with Gasteiger partial charge in [-0.2, -0.15) is 0 Å². The van der Waals surface area contributed by atoms with Gasteiger partial charge in [-0.1, -0.05) is 12.1 Å². The molecular formula is C18H23F3N2O3. The van der Waals surface area contributed by atoms with Gasteiger partial charge in [-0.05, 0) is 37.0 Å². The Morgan fingerprint density at radius 1 is 1.12 bits per heavy atom. The van der Waals surface area contributed by atoms with E-state index in [2.05, 4.69) is 9.64 Å². The molecule has 3 rings (SSSR count). The van der Waals surface area contributed by atoms with Gasteiger partial charge in [-0.15, -0.1) is 13.2 Å². The maximum absolute atomic E-state index is 12.6. The fraction of sp³-hybridized carbons (Fsp3) is 0.611. The van der Waals surface area contributed by atoms with Crippen LogP contribution < -0.4 is 4.74 Å². The van der Waals surface area contributed by atoms with Gasteiger partial charge in [0.15, 0.2) is 0 Å². The molecule has 2 heterocycles. The van der Waals surface area contributed by atoms with Crippen LogP contribution in [0.4, 0.5) is 13.2 Å². The lowest BCUT2D eigenvalue weighted by Gasteiger charge is -2.36. The molecule has 2 aliphatic rings. The zero-order valence-corrected chi connectivity index (χ0v) is 14.5. The van der Waals surface area contributed by atoms with Gasteiger partial charge < -0.3 is 14.4 Å². The van der Waals surface area contributed by atoms with E-state index in [-0.39, 0.29) is 11.7 Å². The van der Waals surface area contributed by atoms with Crippen molar-refractivity contribution in [2.45, 2.75) is 38.3 Å². The van der Waals surface area contributed by atoms with Crippen LogP contribution in [-0.4, -0.2) is 61.0 Å². The molecule has 2 aliphatic heterocycles. The number of nitrogens with zero attached hydrogens (tertiary/aromatic N) is 2. The molecule has 1 atom stereocenters. The van der Waals surface area contributed by atoms with E-state index in [9.17, 15) is 18.0 Å². The Bertz CT molecular complexity index is 601. The maximum atomic E-state index is 12.6. The number of alkyl halides is 3. The Balaban J connectivity index is 1.54. The van der Waals surface area contributed by atoms with E-state index in [1.165, 1.54) is 12.1 Å². The molecule has 0 N–H and O–H groups in total. The first kappa shape index (κ1) is 19.0. The molecule has 26 heavy (non-hydrogen) atoms. The van der Waals surface area contributed by atoms with Crippen LogP contribution >= 0.6 is 0 Å². The lowest BCUT2D eigenvalue weighted by molar-refractivity contribution is -0.274. The van der Waals surface area contributed by atoms with E-state index in [0.29, 0.717) is 26.2 Å². The molecular weight excluding hydrogens is 349 g/mol. The summed E-state index contributed by atoms with van der Waals surface area (Å²) in [5, 5.41) is 0. The van der Waals surface area contributed by atoms with E-state index in [4.69, 9.17) is 4.74 Å². The highest BCUT2D eigenvalue weighted by Gasteiger charge is 2.32. The molecule has 0 bridgehead atoms. The minimum atomic E-state index is -4.69. The molecule has 144 valence electrons. The van der Waals surface area contributed by atoms with Crippen molar-refractivity contribution in [3.05, 3.63) is 29.8 Å². The van der Waals surface area contributed by atoms with Crippen LogP contribution in [0.2, 0.25) is 0 Å². The Morgan fingerprint density at radius 3 is 2.46 bits per heavy atom. The van der Waals surface area contributed by atoms with Crippen molar-refractivity contribution in [3.63, 3.8) is 0 Å². The van der Waals surface area contributed by atoms with Crippen molar-refractivity contribution in [3.8, 4) is 5.75 Å². The molecule has 1 unspecified atom stereocenters. The van der Waals surface area contributed by atoms with Crippen LogP contribution in [0.15, 0.2) is 24.3 Å². The summed E-state index contributed by atoms with van der Waals surface area (Å²) in [6.45, 7) is 3.79. The van der Waals surface area contributed by atoms with Crippen LogP contribution in [0, 0.1) is 0 Å². The first-order valence-corrected chi connectivity index (χ1v) is 8.88. The van der Waals surface area contributed by atoms with Crippen molar-refractivity contribution in [2.75, 3.05) is 32.8 Å². The summed E-state index contributed by atoms with van der Waals surface area (Å²) in [7, 11) is 0. The van der Waals surface area contributed by atoms with Gasteiger partial charge >= 0.3 is 6.36 Å². The summed E-state index contributed by atoms with van der Waals surface area (Å²) in [4.78, 5) is 16.5. The molecule has 2 fully saturated rings. The number of piperidine rings is 1. The Labute approximate surface area is 150 Å². The average molecular weight is 372 g/mol. The van der Waals surface area contributed by atoms with E-state index in [1.54, 1.807) is 12.1 Å². The van der Waals surface area contributed by atoms with Crippen molar-refractivity contribution < 1.29 is 27.4 Å². The normalized spacial score (nSPS) is 22.3. The van der Waals surface area contributed by atoms with Crippen molar-refractivity contribution in [1.82, 2.24) is 9.80 Å². The second-order valence-corrected chi connectivity index (χ2v) is 6.67. The monoisotopic (exact) mass is 372 g/mol. The summed E-state index contributed by atoms with van der Waals surface area (Å²) < 4.78 is 46.2. The lowest BCUT2D eigenvalue weighted by atomic mass is 10.1. The second kappa shape index (κ2) is 8.26. The average Bonchev–Trinajstić information content (AvgIpc) is 2.62. The number of hydrogen-bond donors (Lipinski definition) is 0. The van der Waals surface area contributed by atoms with Gasteiger partial charge in [0.05, 0.1) is 6.61 Å². The van der Waals surface area contributed by atoms with Crippen molar-refractivity contribution in [2.24, 2.45) is 0 Å². The van der Waals surface area contributed by atoms with Crippen LogP contribution in [0.5, 0.6) is 5.75 Å². The highest BCUT2D eigenvalue weighted by molar-refractivity contribution is 5.81. The molecule has 0 spiro atoms. The predicted molar refractivity (Wildman–Crippen MR) is 88.6 cm³/mol. The Hall–Kier alpha value is -1.80. The number of benzene rings is 1. The van der Waals surface area contributed by atoms with Gasteiger partial charge in [-0.3, -0.25) is 9.69 Å². The molecule has 1 aromatic rings. The molecule has 0 saturated carbocycles. The Kier molecular flexibility index (Phi) is 6.03. The number of morpholine rings is 1. The first-order valence-electron chi connectivity index (χ1n) is 8.88. The largest absolute Gasteiger partial charge is 0.573 e. The van der Waals surface area contributed by atoms with Crippen molar-refractivity contribution >= 4 is 5.91 Å². The molecule has 2 saturated heterocycles. The molecule has 0 radical (unpaired) electrons. The van der Waals surface area contributed by atoms with Crippen LogP contribution in [0.25, 0.3) is 0 Å². The zero-order valence-electron chi connectivity index (χ0n) is 14.5. The van der Waals surface area contributed by atoms with Gasteiger partial charge in [-0.25, -0.2) is 0 Å². The number of ether oxygens (including phenoxy) is 2. The van der Waals surface area contributed by atoms with Gasteiger partial charge in [0.2, 0.25) is 0 Å². The third-order valence-electron chi connectivity index (χ3n) is 4.66. The summed E-state index contributed by atoms with van der Waals surface area (Å²) in [5.74, 6) is -0.190. The molecule has 0 aromatic heterocycles. The van der Waals surface area contributed by atoms with Crippen LogP contribution in [0.3, 0.4) is 0 Å². The smallest absolute Gasteiger partial charge is 0.406 e. The number of halogens is 3. The second-order valence-electron chi connectivity index (χ2n) is 6.67. The number of likely N-dealkylation sites (tertiary alicyclic amines) is 1. The summed E-state index contributed by atoms with van der Waals surface area (Å²) in [6, 6.07) is 5.83. The van der Waals surface area contributed by atoms with E-state index < -0.39 is 12.5 Å². The maximum Gasteiger partial charge on any atom is 0.573 e. The number of hydrogen-bond acceptors (Lipinski definition) is 4. The van der Waals surface area contributed by atoms with Gasteiger partial charge in [0, 0.05) is 32.7 Å². The van der Waals surface area contributed by atoms with Gasteiger partial charge in [0.1, 0.15) is 11.9 Å². The third kappa shape index (κ3) is 5.35. The summed E-state index contributed by atoms with van der Waals surface area (Å²) in [5.41, 5.74) is 0.866. The highest BCUT2D eigenvalue weighted by Crippen LogP contribution is 2.23. The third-order valence-corrected chi connectivity index (χ3v) is 4.66. The SMILES string of the molecule is O=C(C1CN(Cc2ccc(OC(F)(F)F)cc2)CCO1)N1CCCCC1. The Morgan fingerprint density at radius 2 is 1.81 bits per heavy atom. The standard InChI is InChI=1S/C18H23F3N2O3/c19-18(20,21)26-15-6-4-14(5-7-15)12-22-10-11-25-16(13-22)17(24)23-8-2-1-3-9-23/h4-7,16H,1-3,8-13H2. The lowest BCUT2D eigenvalue weighted by Crippen LogP contribution is -2.51. The number of amides is 1. The number of carbonyl (C=O) groups is 1.